The van der Waals surface area contributed by atoms with Crippen molar-refractivity contribution in [2.45, 2.75) is 431 Å². The van der Waals surface area contributed by atoms with Gasteiger partial charge in [0, 0.05) is 20.8 Å². The summed E-state index contributed by atoms with van der Waals surface area (Å²) in [6, 6.07) is 0. The second kappa shape index (κ2) is 47.2. The minimum absolute atomic E-state index is 0.822. The summed E-state index contributed by atoms with van der Waals surface area (Å²) < 4.78 is 153. The molecule has 0 unspecified atom stereocenters. The lowest BCUT2D eigenvalue weighted by atomic mass is 9.95. The smallest absolute Gasteiger partial charge is 0.303 e. The molecule has 12 aliphatic rings. The van der Waals surface area contributed by atoms with Crippen LogP contribution in [0.5, 0.6) is 0 Å². The molecule has 12 heterocycles. The average Bonchev–Trinajstić information content (AvgIpc) is 0.741. The summed E-state index contributed by atoms with van der Waals surface area (Å²) in [5, 5.41) is 328. The fraction of sp³-hybridized carbons (Fsp3) is 0.962. The van der Waals surface area contributed by atoms with Gasteiger partial charge in [0.25, 0.3) is 0 Å². The van der Waals surface area contributed by atoms with Crippen LogP contribution in [0, 0.1) is 0 Å². The normalized spacial score (nSPS) is 52.7. The van der Waals surface area contributed by atoms with Gasteiger partial charge >= 0.3 is 17.9 Å². The monoisotopic (exact) mass is 1990 g/mol. The van der Waals surface area contributed by atoms with Crippen molar-refractivity contribution in [1.82, 2.24) is 0 Å². The van der Waals surface area contributed by atoms with Gasteiger partial charge in [0.1, 0.15) is 238 Å². The largest absolute Gasteiger partial charge is 0.454 e. The fourth-order valence-electron chi connectivity index (χ4n) is 17.9. The van der Waals surface area contributed by atoms with E-state index < -0.39 is 426 Å². The molecule has 0 aliphatic carbocycles. The van der Waals surface area contributed by atoms with Crippen molar-refractivity contribution >= 4 is 17.9 Å². The molecule has 12 fully saturated rings. The van der Waals surface area contributed by atoms with Crippen molar-refractivity contribution < 1.29 is 286 Å². The summed E-state index contributed by atoms with van der Waals surface area (Å²) in [5.74, 6) is -3.52. The molecular weight excluding hydrogens is 1860 g/mol. The first-order valence-electron chi connectivity index (χ1n) is 44.0. The van der Waals surface area contributed by atoms with Crippen molar-refractivity contribution in [3.05, 3.63) is 0 Å². The zero-order valence-electron chi connectivity index (χ0n) is 74.2. The molecule has 0 aromatic rings. The molecular formula is C78H128O58. The van der Waals surface area contributed by atoms with Gasteiger partial charge in [-0.15, -0.1) is 0 Å². The third kappa shape index (κ3) is 23.5. The molecule has 788 valence electrons. The zero-order chi connectivity index (χ0) is 100. The molecule has 29 N–H and O–H groups in total. The second-order valence-electron chi connectivity index (χ2n) is 35.3. The molecule has 0 amide bonds. The molecule has 58 heteroatoms. The molecule has 0 spiro atoms. The number of ether oxygens (including phenoxy) is 26. The van der Waals surface area contributed by atoms with Gasteiger partial charge in [-0.2, -0.15) is 0 Å². The number of hydrogen-bond donors (Lipinski definition) is 29. The van der Waals surface area contributed by atoms with Crippen LogP contribution in [-0.2, 0) is 138 Å². The molecule has 12 rings (SSSR count). The van der Waals surface area contributed by atoms with Gasteiger partial charge in [-0.3, -0.25) is 14.4 Å². The van der Waals surface area contributed by atoms with Crippen LogP contribution in [0.1, 0.15) is 62.3 Å². The molecule has 136 heavy (non-hydrogen) atoms. The molecule has 0 bridgehead atoms. The molecule has 58 nitrogen and oxygen atoms in total. The van der Waals surface area contributed by atoms with Crippen molar-refractivity contribution in [3.63, 3.8) is 0 Å². The highest BCUT2D eigenvalue weighted by molar-refractivity contribution is 5.67. The number of aliphatic hydroxyl groups excluding tert-OH is 29. The van der Waals surface area contributed by atoms with Crippen molar-refractivity contribution in [2.75, 3.05) is 39.6 Å². The molecule has 0 aromatic carbocycles. The number of esters is 3. The second-order valence-corrected chi connectivity index (χ2v) is 35.3. The minimum atomic E-state index is -2.39. The number of carbonyl (C=O) groups is 3. The van der Waals surface area contributed by atoms with Crippen LogP contribution in [-0.4, -0.2) is 574 Å². The maximum absolute atomic E-state index is 13.3. The van der Waals surface area contributed by atoms with Crippen molar-refractivity contribution in [1.29, 1.82) is 0 Å². The fourth-order valence-corrected chi connectivity index (χ4v) is 17.9. The quantitative estimate of drug-likeness (QED) is 0.0226. The lowest BCUT2D eigenvalue weighted by Crippen LogP contribution is -2.69. The van der Waals surface area contributed by atoms with Gasteiger partial charge < -0.3 is 271 Å². The van der Waals surface area contributed by atoms with Gasteiger partial charge in [0.15, 0.2) is 93.8 Å². The Morgan fingerprint density at radius 2 is 0.360 bits per heavy atom. The Morgan fingerprint density at radius 1 is 0.176 bits per heavy atom. The van der Waals surface area contributed by atoms with E-state index in [1.807, 2.05) is 0 Å². The van der Waals surface area contributed by atoms with E-state index in [0.29, 0.717) is 0 Å². The van der Waals surface area contributed by atoms with Crippen molar-refractivity contribution in [2.24, 2.45) is 0 Å². The van der Waals surface area contributed by atoms with Gasteiger partial charge in [-0.05, 0) is 41.5 Å². The van der Waals surface area contributed by atoms with E-state index in [-0.39, 0.29) is 0 Å². The first kappa shape index (κ1) is 111. The van der Waals surface area contributed by atoms with Gasteiger partial charge in [-0.25, -0.2) is 0 Å². The third-order valence-corrected chi connectivity index (χ3v) is 25.7. The number of rotatable bonds is 31. The molecule has 0 aromatic heterocycles. The molecule has 12 aliphatic heterocycles. The molecule has 0 radical (unpaired) electrons. The van der Waals surface area contributed by atoms with Crippen LogP contribution >= 0.6 is 0 Å². The zero-order valence-corrected chi connectivity index (χ0v) is 74.2. The van der Waals surface area contributed by atoms with Gasteiger partial charge in [-0.1, -0.05) is 0 Å². The lowest BCUT2D eigenvalue weighted by Gasteiger charge is -2.51. The summed E-state index contributed by atoms with van der Waals surface area (Å²) in [5.41, 5.74) is 0. The number of hydrogen-bond acceptors (Lipinski definition) is 58. The van der Waals surface area contributed by atoms with E-state index in [1.54, 1.807) is 0 Å². The Kier molecular flexibility index (Phi) is 38.6. The van der Waals surface area contributed by atoms with Gasteiger partial charge in [0.2, 0.25) is 0 Å². The Morgan fingerprint density at radius 3 is 0.596 bits per heavy atom. The first-order chi connectivity index (χ1) is 64.1. The Bertz CT molecular complexity index is 3720. The minimum Gasteiger partial charge on any atom is -0.454 e. The predicted molar refractivity (Wildman–Crippen MR) is 415 cm³/mol. The SMILES string of the molecule is CC(=O)O[C@H]1[C@@H](O[C@@H]2[C@@H](O)[C@H](C)O[C@@H](O)[C@@H]2O)O[C@H](CO)[C@@H](O)[C@@H]1O[C@H]1O[C@H](CO)[C@H](O)[C@H](O)[C@H]1O[C@@H]1O[C@@H](C)[C@H](O)[C@@H](O[C@@H]2O[C@@H](C)[C@H](O)[C@@H](O[C@H]3O[C@H](CO)[C@@H](O)[C@H](O[C@H]4O[C@H](CO)[C@H](O)[C@H](O)[C@H]4O[C@@H]4O[C@@H](C)[C@H](O)[C@@H](O[C@@H]5O[C@@H](C)[C@H](O)[C@@H](O[C@H]6O[C@H](CO)[C@@H](O)[C@H](O[C@H]7O[C@H](CO)[C@H](O)[C@H](O)[C@H]7O[C@@H]7O[C@@H](C)[C@H](O)[C@@H](O)[C@H]7O)[C@H]6OC(C)=O)[C@H]5O)[C@H]4O)[C@H]3OC(C)=O)[C@H]2O)[C@H]1O. The highest BCUT2D eigenvalue weighted by Crippen LogP contribution is 2.44. The van der Waals surface area contributed by atoms with Crippen molar-refractivity contribution in [3.8, 4) is 0 Å². The summed E-state index contributed by atoms with van der Waals surface area (Å²) in [7, 11) is 0. The maximum atomic E-state index is 13.3. The van der Waals surface area contributed by atoms with Crippen LogP contribution in [0.2, 0.25) is 0 Å². The first-order valence-corrected chi connectivity index (χ1v) is 44.0. The highest BCUT2D eigenvalue weighted by atomic mass is 16.8. The highest BCUT2D eigenvalue weighted by Gasteiger charge is 2.64. The summed E-state index contributed by atoms with van der Waals surface area (Å²) in [6.45, 7) is 3.31. The topological polar surface area (TPSA) is 878 Å². The van der Waals surface area contributed by atoms with Crippen LogP contribution in [0.15, 0.2) is 0 Å². The standard InChI is InChI=1S/C78H128O58/c1-16-31(88)43(100)47(104)68(112-16)134-61-44(101)37(94)25(10-79)120-73(61)131-59-41(98)29(14-83)124-77(65(59)118-23(8)86)129-56-35(92)20(5)113-69(51(56)108)127-55-34(91)19(4)116-72(50(55)107)136-63-46(103)39(96)27(12-81)122-75(63)133-60-42(99)30(15-84)125-78(66(60)119-24(9)87)130-57-36(93)21(6)114-70(52(57)109)126-54-33(90)18(3)115-71(49(54)106)135-62-45(102)38(95)26(11-80)121-74(62)132-58-40(97)28(13-82)123-76(64(58)117-22(7)85)128-53-32(89)17(2)111-67(110)48(53)105/h16-21,25-84,88-110H,10-15H2,1-9H3/t16-,17-,18-,19-,20-,21-,25+,26+,27+,28+,29+,30+,31-,32-,33-,34-,35-,36-,37-,38-,39-,40+,41+,42+,43+,44-,45-,46-,47+,48+,49+,50+,51+,52+,53+,54+,55+,56+,57+,58-,59-,60-,61+,62+,63+,64+,65+,66+,67+,68-,69-,70-,71-,72-,73+,74+,75+,76+,77+,78+/m0/s1. The van der Waals surface area contributed by atoms with E-state index >= 15 is 0 Å². The van der Waals surface area contributed by atoms with Crippen LogP contribution in [0.3, 0.4) is 0 Å². The summed E-state index contributed by atoms with van der Waals surface area (Å²) in [6.07, 6.45) is -121. The molecule has 0 saturated carbocycles. The molecule has 12 saturated heterocycles. The van der Waals surface area contributed by atoms with E-state index in [4.69, 9.17) is 123 Å². The maximum Gasteiger partial charge on any atom is 0.303 e. The summed E-state index contributed by atoms with van der Waals surface area (Å²) >= 11 is 0. The van der Waals surface area contributed by atoms with E-state index in [1.165, 1.54) is 41.5 Å². The van der Waals surface area contributed by atoms with Gasteiger partial charge in [0.05, 0.1) is 76.3 Å². The molecule has 60 atom stereocenters. The Balaban J connectivity index is 0.749. The summed E-state index contributed by atoms with van der Waals surface area (Å²) in [4.78, 5) is 39.1. The Hall–Kier alpha value is -3.67. The van der Waals surface area contributed by atoms with E-state index in [0.717, 1.165) is 20.8 Å². The van der Waals surface area contributed by atoms with Crippen LogP contribution < -0.4 is 0 Å². The number of aliphatic hydroxyl groups is 29. The average molecular weight is 1990 g/mol. The lowest BCUT2D eigenvalue weighted by molar-refractivity contribution is -0.408. The van der Waals surface area contributed by atoms with Crippen LogP contribution in [0.4, 0.5) is 0 Å². The Labute approximate surface area is 771 Å². The predicted octanol–water partition coefficient (Wildman–Crippen LogP) is -19.3. The van der Waals surface area contributed by atoms with Crippen LogP contribution in [0.25, 0.3) is 0 Å². The number of carbonyl (C=O) groups excluding carboxylic acids is 3. The van der Waals surface area contributed by atoms with E-state index in [2.05, 4.69) is 0 Å². The third-order valence-electron chi connectivity index (χ3n) is 25.7. The van der Waals surface area contributed by atoms with E-state index in [9.17, 15) is 162 Å².